The van der Waals surface area contributed by atoms with Crippen molar-refractivity contribution in [3.05, 3.63) is 0 Å². The van der Waals surface area contributed by atoms with Gasteiger partial charge in [0.2, 0.25) is 0 Å². The molecule has 1 fully saturated rings. The predicted octanol–water partition coefficient (Wildman–Crippen LogP) is 0.0106. The van der Waals surface area contributed by atoms with Crippen molar-refractivity contribution in [2.75, 3.05) is 13.2 Å². The molecule has 1 aliphatic rings. The van der Waals surface area contributed by atoms with E-state index in [9.17, 15) is 0 Å². The van der Waals surface area contributed by atoms with Gasteiger partial charge in [-0.2, -0.15) is 0 Å². The molecule has 0 bridgehead atoms. The summed E-state index contributed by atoms with van der Waals surface area (Å²) in [6.45, 7) is 4.20. The molecule has 0 aromatic carbocycles. The van der Waals surface area contributed by atoms with Crippen molar-refractivity contribution in [1.29, 1.82) is 0 Å². The third-order valence-corrected chi connectivity index (χ3v) is 2.71. The zero-order valence-electron chi connectivity index (χ0n) is 7.03. The van der Waals surface area contributed by atoms with Gasteiger partial charge in [-0.05, 0) is 11.8 Å². The van der Waals surface area contributed by atoms with Gasteiger partial charge in [-0.3, -0.25) is 0 Å². The molecule has 66 valence electrons. The summed E-state index contributed by atoms with van der Waals surface area (Å²) >= 11 is 0. The SMILES string of the molecule is CC1C(CO)OC(CO)C1C. The lowest BCUT2D eigenvalue weighted by Crippen LogP contribution is -2.19. The van der Waals surface area contributed by atoms with Gasteiger partial charge in [0, 0.05) is 0 Å². The first-order chi connectivity index (χ1) is 5.20. The summed E-state index contributed by atoms with van der Waals surface area (Å²) in [5.41, 5.74) is 0. The van der Waals surface area contributed by atoms with E-state index in [4.69, 9.17) is 14.9 Å². The first kappa shape index (κ1) is 8.97. The van der Waals surface area contributed by atoms with Crippen LogP contribution < -0.4 is 0 Å². The monoisotopic (exact) mass is 160 g/mol. The van der Waals surface area contributed by atoms with E-state index in [0.29, 0.717) is 11.8 Å². The van der Waals surface area contributed by atoms with Crippen molar-refractivity contribution < 1.29 is 14.9 Å². The maximum Gasteiger partial charge on any atom is 0.0839 e. The Balaban J connectivity index is 2.53. The van der Waals surface area contributed by atoms with Crippen LogP contribution in [-0.2, 0) is 4.74 Å². The van der Waals surface area contributed by atoms with Crippen LogP contribution in [-0.4, -0.2) is 35.6 Å². The highest BCUT2D eigenvalue weighted by atomic mass is 16.5. The van der Waals surface area contributed by atoms with Gasteiger partial charge in [-0.15, -0.1) is 0 Å². The average Bonchev–Trinajstić information content (AvgIpc) is 2.30. The van der Waals surface area contributed by atoms with Crippen LogP contribution in [0.3, 0.4) is 0 Å². The molecule has 1 heterocycles. The van der Waals surface area contributed by atoms with Crippen molar-refractivity contribution >= 4 is 0 Å². The van der Waals surface area contributed by atoms with Crippen LogP contribution >= 0.6 is 0 Å². The Kier molecular flexibility index (Phi) is 2.87. The lowest BCUT2D eigenvalue weighted by molar-refractivity contribution is -0.0236. The number of aliphatic hydroxyl groups is 2. The second-order valence-corrected chi connectivity index (χ2v) is 3.30. The number of aliphatic hydroxyl groups excluding tert-OH is 2. The average molecular weight is 160 g/mol. The quantitative estimate of drug-likeness (QED) is 0.598. The van der Waals surface area contributed by atoms with Gasteiger partial charge in [0.15, 0.2) is 0 Å². The largest absolute Gasteiger partial charge is 0.394 e. The van der Waals surface area contributed by atoms with Crippen LogP contribution in [0.1, 0.15) is 13.8 Å². The Hall–Kier alpha value is -0.120. The summed E-state index contributed by atoms with van der Waals surface area (Å²) in [5.74, 6) is 0.689. The molecule has 1 saturated heterocycles. The second-order valence-electron chi connectivity index (χ2n) is 3.30. The highest BCUT2D eigenvalue weighted by Crippen LogP contribution is 2.31. The normalized spacial score (nSPS) is 44.7. The molecule has 1 rings (SSSR count). The van der Waals surface area contributed by atoms with Crippen molar-refractivity contribution in [3.8, 4) is 0 Å². The van der Waals surface area contributed by atoms with E-state index in [-0.39, 0.29) is 25.4 Å². The molecular formula is C8H16O3. The molecule has 11 heavy (non-hydrogen) atoms. The summed E-state index contributed by atoms with van der Waals surface area (Å²) in [5, 5.41) is 17.7. The van der Waals surface area contributed by atoms with Gasteiger partial charge in [0.05, 0.1) is 25.4 Å². The zero-order valence-corrected chi connectivity index (χ0v) is 7.03. The standard InChI is InChI=1S/C8H16O3/c1-5-6(2)8(4-10)11-7(5)3-9/h5-10H,3-4H2,1-2H3. The molecule has 1 aliphatic heterocycles. The van der Waals surface area contributed by atoms with Crippen LogP contribution in [0.25, 0.3) is 0 Å². The fourth-order valence-corrected chi connectivity index (χ4v) is 1.57. The summed E-state index contributed by atoms with van der Waals surface area (Å²) < 4.78 is 5.38. The second kappa shape index (κ2) is 3.52. The Labute approximate surface area is 67.0 Å². The molecule has 2 N–H and O–H groups in total. The van der Waals surface area contributed by atoms with E-state index < -0.39 is 0 Å². The number of rotatable bonds is 2. The fourth-order valence-electron chi connectivity index (χ4n) is 1.57. The Bertz CT molecular complexity index is 109. The third kappa shape index (κ3) is 1.55. The molecule has 0 saturated carbocycles. The summed E-state index contributed by atoms with van der Waals surface area (Å²) in [6.07, 6.45) is -0.163. The van der Waals surface area contributed by atoms with Crippen molar-refractivity contribution in [3.63, 3.8) is 0 Å². The van der Waals surface area contributed by atoms with E-state index in [2.05, 4.69) is 0 Å². The Morgan fingerprint density at radius 3 is 1.55 bits per heavy atom. The van der Waals surface area contributed by atoms with Gasteiger partial charge in [0.25, 0.3) is 0 Å². The molecule has 0 radical (unpaired) electrons. The Morgan fingerprint density at radius 2 is 1.36 bits per heavy atom. The van der Waals surface area contributed by atoms with Crippen LogP contribution in [0, 0.1) is 11.8 Å². The minimum Gasteiger partial charge on any atom is -0.394 e. The van der Waals surface area contributed by atoms with Crippen molar-refractivity contribution in [1.82, 2.24) is 0 Å². The van der Waals surface area contributed by atoms with E-state index in [0.717, 1.165) is 0 Å². The zero-order chi connectivity index (χ0) is 8.43. The number of ether oxygens (including phenoxy) is 1. The first-order valence-electron chi connectivity index (χ1n) is 4.08. The van der Waals surface area contributed by atoms with Gasteiger partial charge in [0.1, 0.15) is 0 Å². The number of hydrogen-bond acceptors (Lipinski definition) is 3. The van der Waals surface area contributed by atoms with Crippen LogP contribution in [0.5, 0.6) is 0 Å². The smallest absolute Gasteiger partial charge is 0.0839 e. The van der Waals surface area contributed by atoms with Gasteiger partial charge in [-0.1, -0.05) is 13.8 Å². The van der Waals surface area contributed by atoms with E-state index in [1.165, 1.54) is 0 Å². The maximum atomic E-state index is 8.86. The minimum absolute atomic E-state index is 0.0575. The van der Waals surface area contributed by atoms with E-state index >= 15 is 0 Å². The van der Waals surface area contributed by atoms with Crippen LogP contribution in [0.2, 0.25) is 0 Å². The molecule has 4 atom stereocenters. The molecule has 0 aliphatic carbocycles. The first-order valence-corrected chi connectivity index (χ1v) is 4.08. The predicted molar refractivity (Wildman–Crippen MR) is 41.2 cm³/mol. The van der Waals surface area contributed by atoms with Crippen molar-refractivity contribution in [2.45, 2.75) is 26.1 Å². The van der Waals surface area contributed by atoms with Gasteiger partial charge >= 0.3 is 0 Å². The van der Waals surface area contributed by atoms with Crippen LogP contribution in [0.4, 0.5) is 0 Å². The number of hydrogen-bond donors (Lipinski definition) is 2. The van der Waals surface area contributed by atoms with E-state index in [1.54, 1.807) is 0 Å². The molecule has 3 heteroatoms. The summed E-state index contributed by atoms with van der Waals surface area (Å²) in [4.78, 5) is 0. The molecule has 3 nitrogen and oxygen atoms in total. The molecular weight excluding hydrogens is 144 g/mol. The van der Waals surface area contributed by atoms with Crippen LogP contribution in [0.15, 0.2) is 0 Å². The fraction of sp³-hybridized carbons (Fsp3) is 1.00. The summed E-state index contributed by atoms with van der Waals surface area (Å²) in [7, 11) is 0. The van der Waals surface area contributed by atoms with Crippen molar-refractivity contribution in [2.24, 2.45) is 11.8 Å². The molecule has 0 aromatic heterocycles. The summed E-state index contributed by atoms with van der Waals surface area (Å²) in [6, 6.07) is 0. The minimum atomic E-state index is -0.0813. The molecule has 0 aromatic rings. The molecule has 0 spiro atoms. The highest BCUT2D eigenvalue weighted by Gasteiger charge is 2.37. The highest BCUT2D eigenvalue weighted by molar-refractivity contribution is 4.84. The third-order valence-electron chi connectivity index (χ3n) is 2.71. The van der Waals surface area contributed by atoms with Gasteiger partial charge < -0.3 is 14.9 Å². The maximum absolute atomic E-state index is 8.86. The van der Waals surface area contributed by atoms with Gasteiger partial charge in [-0.25, -0.2) is 0 Å². The van der Waals surface area contributed by atoms with E-state index in [1.807, 2.05) is 13.8 Å². The lowest BCUT2D eigenvalue weighted by atomic mass is 9.91. The Morgan fingerprint density at radius 1 is 1.00 bits per heavy atom. The lowest BCUT2D eigenvalue weighted by Gasteiger charge is -2.12. The topological polar surface area (TPSA) is 49.7 Å². The molecule has 4 unspecified atom stereocenters. The molecule has 0 amide bonds.